The van der Waals surface area contributed by atoms with E-state index in [0.717, 1.165) is 0 Å². The third kappa shape index (κ3) is 1.81. The highest BCUT2D eigenvalue weighted by Gasteiger charge is 2.05. The minimum Gasteiger partial charge on any atom is -0.399 e. The van der Waals surface area contributed by atoms with Gasteiger partial charge >= 0.3 is 0 Å². The number of nitrogen functional groups attached to an aromatic ring is 1. The summed E-state index contributed by atoms with van der Waals surface area (Å²) >= 11 is 1.83. The summed E-state index contributed by atoms with van der Waals surface area (Å²) in [5.41, 5.74) is 6.14. The fourth-order valence-electron chi connectivity index (χ4n) is 0.784. The quantitative estimate of drug-likeness (QED) is 0.598. The van der Waals surface area contributed by atoms with Crippen molar-refractivity contribution in [3.63, 3.8) is 0 Å². The van der Waals surface area contributed by atoms with Gasteiger partial charge in [-0.25, -0.2) is 4.39 Å². The molecule has 2 nitrogen and oxygen atoms in total. The predicted molar refractivity (Wildman–Crippen MR) is 49.5 cm³/mol. The van der Waals surface area contributed by atoms with Crippen molar-refractivity contribution in [3.05, 3.63) is 27.1 Å². The van der Waals surface area contributed by atoms with Gasteiger partial charge in [-0.1, -0.05) is 0 Å². The summed E-state index contributed by atoms with van der Waals surface area (Å²) in [6.45, 7) is -0.313. The second-order valence-corrected chi connectivity index (χ2v) is 3.30. The van der Waals surface area contributed by atoms with Crippen molar-refractivity contribution in [2.24, 2.45) is 0 Å². The van der Waals surface area contributed by atoms with E-state index in [-0.39, 0.29) is 18.0 Å². The summed E-state index contributed by atoms with van der Waals surface area (Å²) in [6.07, 6.45) is 0. The lowest BCUT2D eigenvalue weighted by atomic mass is 10.2. The van der Waals surface area contributed by atoms with Gasteiger partial charge in [0, 0.05) is 11.3 Å². The molecular formula is C7H7FINO. The molecule has 0 fully saturated rings. The van der Waals surface area contributed by atoms with Gasteiger partial charge in [0.15, 0.2) is 0 Å². The van der Waals surface area contributed by atoms with Gasteiger partial charge in [-0.2, -0.15) is 0 Å². The van der Waals surface area contributed by atoms with Crippen LogP contribution in [-0.4, -0.2) is 5.11 Å². The molecule has 0 aliphatic rings. The highest BCUT2D eigenvalue weighted by molar-refractivity contribution is 14.1. The highest BCUT2D eigenvalue weighted by Crippen LogP contribution is 2.19. The van der Waals surface area contributed by atoms with Crippen LogP contribution >= 0.6 is 22.6 Å². The number of hydrogen-bond acceptors (Lipinski definition) is 2. The zero-order valence-electron chi connectivity index (χ0n) is 5.64. The molecular weight excluding hydrogens is 260 g/mol. The zero-order chi connectivity index (χ0) is 8.43. The van der Waals surface area contributed by atoms with Gasteiger partial charge in [0.1, 0.15) is 5.82 Å². The van der Waals surface area contributed by atoms with E-state index in [0.29, 0.717) is 9.26 Å². The Balaban J connectivity index is 3.24. The van der Waals surface area contributed by atoms with E-state index in [1.807, 2.05) is 22.6 Å². The summed E-state index contributed by atoms with van der Waals surface area (Å²) in [5, 5.41) is 8.67. The van der Waals surface area contributed by atoms with Crippen molar-refractivity contribution in [3.8, 4) is 0 Å². The van der Waals surface area contributed by atoms with Crippen LogP contribution in [-0.2, 0) is 6.61 Å². The van der Waals surface area contributed by atoms with Crippen molar-refractivity contribution < 1.29 is 9.50 Å². The Hall–Kier alpha value is -0.360. The molecule has 0 aliphatic carbocycles. The van der Waals surface area contributed by atoms with Crippen LogP contribution in [0, 0.1) is 9.39 Å². The van der Waals surface area contributed by atoms with Gasteiger partial charge < -0.3 is 10.8 Å². The molecule has 0 spiro atoms. The first-order chi connectivity index (χ1) is 5.15. The van der Waals surface area contributed by atoms with E-state index in [4.69, 9.17) is 10.8 Å². The second kappa shape index (κ2) is 3.36. The fourth-order valence-corrected chi connectivity index (χ4v) is 1.49. The van der Waals surface area contributed by atoms with Crippen LogP contribution < -0.4 is 5.73 Å². The Morgan fingerprint density at radius 2 is 2.18 bits per heavy atom. The average Bonchev–Trinajstić information content (AvgIpc) is 1.96. The summed E-state index contributed by atoms with van der Waals surface area (Å²) in [4.78, 5) is 0. The van der Waals surface area contributed by atoms with Crippen LogP contribution in [0.4, 0.5) is 10.1 Å². The summed E-state index contributed by atoms with van der Waals surface area (Å²) < 4.78 is 13.4. The van der Waals surface area contributed by atoms with E-state index in [2.05, 4.69) is 0 Å². The lowest BCUT2D eigenvalue weighted by molar-refractivity contribution is 0.275. The van der Waals surface area contributed by atoms with Crippen molar-refractivity contribution in [2.45, 2.75) is 6.61 Å². The standard InChI is InChI=1S/C7H7FINO/c8-7-4(3-11)1-5(10)2-6(7)9/h1-2,11H,3,10H2. The van der Waals surface area contributed by atoms with Gasteiger partial charge in [-0.05, 0) is 34.7 Å². The van der Waals surface area contributed by atoms with Gasteiger partial charge in [0.25, 0.3) is 0 Å². The second-order valence-electron chi connectivity index (χ2n) is 2.13. The molecule has 60 valence electrons. The first-order valence-corrected chi connectivity index (χ1v) is 4.07. The summed E-state index contributed by atoms with van der Waals surface area (Å²) in [6, 6.07) is 2.95. The van der Waals surface area contributed by atoms with Crippen molar-refractivity contribution >= 4 is 28.3 Å². The lowest BCUT2D eigenvalue weighted by Crippen LogP contribution is -1.96. The van der Waals surface area contributed by atoms with Gasteiger partial charge in [-0.3, -0.25) is 0 Å². The number of aliphatic hydroxyl groups excluding tert-OH is 1. The highest BCUT2D eigenvalue weighted by atomic mass is 127. The molecule has 0 heterocycles. The molecule has 0 radical (unpaired) electrons. The van der Waals surface area contributed by atoms with Gasteiger partial charge in [0.05, 0.1) is 10.2 Å². The molecule has 1 rings (SSSR count). The molecule has 4 heteroatoms. The molecule has 3 N–H and O–H groups in total. The maximum Gasteiger partial charge on any atom is 0.142 e. The largest absolute Gasteiger partial charge is 0.399 e. The van der Waals surface area contributed by atoms with Gasteiger partial charge in [-0.15, -0.1) is 0 Å². The number of nitrogens with two attached hydrogens (primary N) is 1. The molecule has 1 aromatic rings. The smallest absolute Gasteiger partial charge is 0.142 e. The number of anilines is 1. The topological polar surface area (TPSA) is 46.2 Å². The van der Waals surface area contributed by atoms with Crippen LogP contribution in [0.1, 0.15) is 5.56 Å². The number of hydrogen-bond donors (Lipinski definition) is 2. The lowest BCUT2D eigenvalue weighted by Gasteiger charge is -2.02. The first-order valence-electron chi connectivity index (χ1n) is 2.99. The molecule has 0 amide bonds. The summed E-state index contributed by atoms with van der Waals surface area (Å²) in [7, 11) is 0. The molecule has 0 unspecified atom stereocenters. The molecule has 1 aromatic carbocycles. The molecule has 0 saturated carbocycles. The van der Waals surface area contributed by atoms with Crippen LogP contribution in [0.2, 0.25) is 0 Å². The fraction of sp³-hybridized carbons (Fsp3) is 0.143. The third-order valence-corrected chi connectivity index (χ3v) is 2.08. The molecule has 0 bridgehead atoms. The van der Waals surface area contributed by atoms with E-state index < -0.39 is 0 Å². The van der Waals surface area contributed by atoms with Crippen LogP contribution in [0.15, 0.2) is 12.1 Å². The van der Waals surface area contributed by atoms with Crippen molar-refractivity contribution in [1.29, 1.82) is 0 Å². The van der Waals surface area contributed by atoms with E-state index in [1.165, 1.54) is 12.1 Å². The van der Waals surface area contributed by atoms with Crippen molar-refractivity contribution in [1.82, 2.24) is 0 Å². The maximum absolute atomic E-state index is 13.0. The van der Waals surface area contributed by atoms with E-state index >= 15 is 0 Å². The molecule has 11 heavy (non-hydrogen) atoms. The van der Waals surface area contributed by atoms with Crippen molar-refractivity contribution in [2.75, 3.05) is 5.73 Å². The number of halogens is 2. The number of aliphatic hydroxyl groups is 1. The van der Waals surface area contributed by atoms with E-state index in [9.17, 15) is 4.39 Å². The molecule has 0 aliphatic heterocycles. The van der Waals surface area contributed by atoms with Crippen LogP contribution in [0.5, 0.6) is 0 Å². The van der Waals surface area contributed by atoms with Gasteiger partial charge in [0.2, 0.25) is 0 Å². The summed E-state index contributed by atoms with van der Waals surface area (Å²) in [5.74, 6) is -0.387. The normalized spacial score (nSPS) is 10.1. The molecule has 0 atom stereocenters. The van der Waals surface area contributed by atoms with Crippen LogP contribution in [0.3, 0.4) is 0 Å². The maximum atomic E-state index is 13.0. The minimum absolute atomic E-state index is 0.245. The average molecular weight is 267 g/mol. The number of benzene rings is 1. The Morgan fingerprint density at radius 3 is 2.73 bits per heavy atom. The van der Waals surface area contributed by atoms with E-state index in [1.54, 1.807) is 0 Å². The first kappa shape index (κ1) is 8.73. The minimum atomic E-state index is -0.387. The Kier molecular flexibility index (Phi) is 2.67. The zero-order valence-corrected chi connectivity index (χ0v) is 7.80. The molecule has 0 aromatic heterocycles. The molecule has 0 saturated heterocycles. The SMILES string of the molecule is Nc1cc(I)c(F)c(CO)c1. The third-order valence-electron chi connectivity index (χ3n) is 1.30. The predicted octanol–water partition coefficient (Wildman–Crippen LogP) is 1.50. The van der Waals surface area contributed by atoms with Crippen LogP contribution in [0.25, 0.3) is 0 Å². The monoisotopic (exact) mass is 267 g/mol. The Morgan fingerprint density at radius 1 is 1.55 bits per heavy atom. The Labute approximate surface area is 77.4 Å². The number of rotatable bonds is 1. The Bertz CT molecular complexity index is 277.